The Morgan fingerprint density at radius 2 is 2.27 bits per heavy atom. The largest absolute Gasteiger partial charge is 0.296 e. The molecule has 8 heteroatoms. The first-order valence-electron chi connectivity index (χ1n) is 3.64. The molecule has 0 spiro atoms. The Morgan fingerprint density at radius 1 is 1.67 bits per heavy atom. The van der Waals surface area contributed by atoms with Gasteiger partial charge in [-0.25, -0.2) is 13.8 Å². The number of hydrogen-bond acceptors (Lipinski definition) is 3. The van der Waals surface area contributed by atoms with Crippen LogP contribution in [0.1, 0.15) is 17.6 Å². The Hall–Kier alpha value is -0.570. The lowest BCUT2D eigenvalue weighted by molar-refractivity contribution is -0.386. The van der Waals surface area contributed by atoms with Gasteiger partial charge in [0.1, 0.15) is 15.5 Å². The van der Waals surface area contributed by atoms with Crippen LogP contribution >= 0.6 is 34.2 Å². The zero-order valence-corrected chi connectivity index (χ0v) is 10.00. The highest BCUT2D eigenvalue weighted by molar-refractivity contribution is 14.1. The van der Waals surface area contributed by atoms with Crippen molar-refractivity contribution < 1.29 is 13.7 Å². The van der Waals surface area contributed by atoms with Crippen molar-refractivity contribution in [1.29, 1.82) is 0 Å². The lowest BCUT2D eigenvalue weighted by Gasteiger charge is -2.07. The molecule has 0 radical (unpaired) electrons. The van der Waals surface area contributed by atoms with E-state index in [2.05, 4.69) is 4.98 Å². The van der Waals surface area contributed by atoms with E-state index in [1.165, 1.54) is 0 Å². The molecule has 1 aromatic heterocycles. The molecule has 0 N–H and O–H groups in total. The van der Waals surface area contributed by atoms with Crippen molar-refractivity contribution >= 4 is 39.9 Å². The second-order valence-corrected chi connectivity index (χ2v) is 3.81. The molecule has 0 aliphatic heterocycles. The summed E-state index contributed by atoms with van der Waals surface area (Å²) in [6.07, 6.45) is -2.12. The topological polar surface area (TPSA) is 56.0 Å². The van der Waals surface area contributed by atoms with E-state index in [0.717, 1.165) is 6.20 Å². The standard InChI is InChI=1S/C7H4ClF2IN2O2/c8-1-3-5(6(9)10)4(13(14)15)2-12-7(3)11/h2,6H,1H2. The van der Waals surface area contributed by atoms with Gasteiger partial charge in [-0.15, -0.1) is 11.6 Å². The quantitative estimate of drug-likeness (QED) is 0.277. The molecule has 1 rings (SSSR count). The van der Waals surface area contributed by atoms with Crippen molar-refractivity contribution in [3.8, 4) is 0 Å². The van der Waals surface area contributed by atoms with Gasteiger partial charge in [0.25, 0.3) is 12.1 Å². The summed E-state index contributed by atoms with van der Waals surface area (Å²) in [6.45, 7) is 0. The van der Waals surface area contributed by atoms with E-state index < -0.39 is 22.6 Å². The fourth-order valence-corrected chi connectivity index (χ4v) is 2.16. The van der Waals surface area contributed by atoms with Crippen molar-refractivity contribution in [2.45, 2.75) is 12.3 Å². The second kappa shape index (κ2) is 4.97. The summed E-state index contributed by atoms with van der Waals surface area (Å²) in [5.74, 6) is -0.230. The number of hydrogen-bond donors (Lipinski definition) is 0. The number of nitro groups is 1. The Bertz CT molecular complexity index is 403. The number of alkyl halides is 3. The van der Waals surface area contributed by atoms with Crippen LogP contribution in [0.25, 0.3) is 0 Å². The van der Waals surface area contributed by atoms with Crippen LogP contribution in [-0.2, 0) is 5.88 Å². The van der Waals surface area contributed by atoms with E-state index >= 15 is 0 Å². The van der Waals surface area contributed by atoms with Gasteiger partial charge in [0, 0.05) is 5.56 Å². The number of halogens is 4. The fourth-order valence-electron chi connectivity index (χ4n) is 1.05. The van der Waals surface area contributed by atoms with E-state index in [4.69, 9.17) is 11.6 Å². The molecule has 4 nitrogen and oxygen atoms in total. The lowest BCUT2D eigenvalue weighted by Crippen LogP contribution is -2.04. The molecule has 82 valence electrons. The molecule has 15 heavy (non-hydrogen) atoms. The molecule has 1 aromatic rings. The van der Waals surface area contributed by atoms with Gasteiger partial charge in [0.05, 0.1) is 10.8 Å². The number of rotatable bonds is 3. The van der Waals surface area contributed by atoms with Gasteiger partial charge in [-0.05, 0) is 22.6 Å². The first-order chi connectivity index (χ1) is 6.99. The summed E-state index contributed by atoms with van der Waals surface area (Å²) in [5.41, 5.74) is -1.32. The fraction of sp³-hybridized carbons (Fsp3) is 0.286. The van der Waals surface area contributed by atoms with Gasteiger partial charge in [-0.3, -0.25) is 10.1 Å². The molecule has 0 aliphatic rings. The van der Waals surface area contributed by atoms with E-state index in [1.807, 2.05) is 0 Å². The van der Waals surface area contributed by atoms with Gasteiger partial charge < -0.3 is 0 Å². The van der Waals surface area contributed by atoms with E-state index in [-0.39, 0.29) is 15.1 Å². The molecule has 0 bridgehead atoms. The Labute approximate surface area is 102 Å². The van der Waals surface area contributed by atoms with Crippen molar-refractivity contribution in [3.05, 3.63) is 31.1 Å². The van der Waals surface area contributed by atoms with Crippen LogP contribution in [0.3, 0.4) is 0 Å². The number of nitrogens with zero attached hydrogens (tertiary/aromatic N) is 2. The van der Waals surface area contributed by atoms with Crippen LogP contribution in [0.15, 0.2) is 6.20 Å². The third-order valence-electron chi connectivity index (χ3n) is 1.70. The maximum atomic E-state index is 12.6. The molecule has 0 aliphatic carbocycles. The monoisotopic (exact) mass is 348 g/mol. The maximum Gasteiger partial charge on any atom is 0.296 e. The van der Waals surface area contributed by atoms with Crippen molar-refractivity contribution in [2.24, 2.45) is 0 Å². The smallest absolute Gasteiger partial charge is 0.258 e. The second-order valence-electron chi connectivity index (χ2n) is 2.52. The van der Waals surface area contributed by atoms with Crippen LogP contribution in [0, 0.1) is 13.8 Å². The van der Waals surface area contributed by atoms with Crippen LogP contribution in [-0.4, -0.2) is 9.91 Å². The van der Waals surface area contributed by atoms with Crippen LogP contribution in [0.5, 0.6) is 0 Å². The molecular weight excluding hydrogens is 344 g/mol. The number of aromatic nitrogens is 1. The molecule has 0 unspecified atom stereocenters. The molecule has 0 amide bonds. The highest BCUT2D eigenvalue weighted by atomic mass is 127. The molecule has 1 heterocycles. The van der Waals surface area contributed by atoms with Crippen molar-refractivity contribution in [1.82, 2.24) is 4.98 Å². The predicted molar refractivity (Wildman–Crippen MR) is 58.1 cm³/mol. The van der Waals surface area contributed by atoms with Gasteiger partial charge in [-0.2, -0.15) is 0 Å². The zero-order valence-electron chi connectivity index (χ0n) is 7.08. The first-order valence-corrected chi connectivity index (χ1v) is 5.26. The minimum Gasteiger partial charge on any atom is -0.258 e. The summed E-state index contributed by atoms with van der Waals surface area (Å²) in [4.78, 5) is 13.2. The summed E-state index contributed by atoms with van der Waals surface area (Å²) in [5, 5.41) is 10.5. The molecule has 0 aromatic carbocycles. The van der Waals surface area contributed by atoms with Gasteiger partial charge in [0.15, 0.2) is 0 Å². The molecule has 0 saturated heterocycles. The number of pyridine rings is 1. The van der Waals surface area contributed by atoms with E-state index in [0.29, 0.717) is 0 Å². The van der Waals surface area contributed by atoms with Gasteiger partial charge >= 0.3 is 0 Å². The first kappa shape index (κ1) is 12.5. The molecule has 0 fully saturated rings. The summed E-state index contributed by atoms with van der Waals surface area (Å²) >= 11 is 7.17. The van der Waals surface area contributed by atoms with Crippen molar-refractivity contribution in [3.63, 3.8) is 0 Å². The lowest BCUT2D eigenvalue weighted by atomic mass is 10.1. The minimum absolute atomic E-state index is 0.0152. The van der Waals surface area contributed by atoms with E-state index in [1.54, 1.807) is 22.6 Å². The highest BCUT2D eigenvalue weighted by Crippen LogP contribution is 2.34. The SMILES string of the molecule is O=[N+]([O-])c1cnc(I)c(CCl)c1C(F)F. The predicted octanol–water partition coefficient (Wildman–Crippen LogP) is 3.27. The van der Waals surface area contributed by atoms with E-state index in [9.17, 15) is 18.9 Å². The van der Waals surface area contributed by atoms with Crippen LogP contribution in [0.2, 0.25) is 0 Å². The molecule has 0 atom stereocenters. The maximum absolute atomic E-state index is 12.6. The highest BCUT2D eigenvalue weighted by Gasteiger charge is 2.27. The van der Waals surface area contributed by atoms with Gasteiger partial charge in [-0.1, -0.05) is 0 Å². The molecule has 0 saturated carbocycles. The average molecular weight is 348 g/mol. The summed E-state index contributed by atoms with van der Waals surface area (Å²) in [7, 11) is 0. The van der Waals surface area contributed by atoms with Gasteiger partial charge in [0.2, 0.25) is 0 Å². The molecular formula is C7H4ClF2IN2O2. The van der Waals surface area contributed by atoms with Crippen LogP contribution in [0.4, 0.5) is 14.5 Å². The summed E-state index contributed by atoms with van der Waals surface area (Å²) < 4.78 is 25.5. The normalized spacial score (nSPS) is 10.7. The third-order valence-corrected chi connectivity index (χ3v) is 2.90. The Morgan fingerprint density at radius 3 is 2.67 bits per heavy atom. The van der Waals surface area contributed by atoms with Crippen LogP contribution < -0.4 is 0 Å². The third kappa shape index (κ3) is 2.51. The zero-order chi connectivity index (χ0) is 11.6. The Kier molecular flexibility index (Phi) is 4.14. The Balaban J connectivity index is 3.49. The minimum atomic E-state index is -2.93. The average Bonchev–Trinajstić information content (AvgIpc) is 2.16. The van der Waals surface area contributed by atoms with Crippen molar-refractivity contribution in [2.75, 3.05) is 0 Å². The summed E-state index contributed by atoms with van der Waals surface area (Å²) in [6, 6.07) is 0.